The van der Waals surface area contributed by atoms with Gasteiger partial charge in [0, 0.05) is 50.0 Å². The lowest BCUT2D eigenvalue weighted by Gasteiger charge is -2.36. The maximum atomic E-state index is 12.3. The fourth-order valence-corrected chi connectivity index (χ4v) is 4.06. The molecule has 1 N–H and O–H groups in total. The summed E-state index contributed by atoms with van der Waals surface area (Å²) in [4.78, 5) is 32.6. The van der Waals surface area contributed by atoms with Gasteiger partial charge in [-0.05, 0) is 65.7 Å². The average Bonchev–Trinajstić information content (AvgIpc) is 2.81. The van der Waals surface area contributed by atoms with Gasteiger partial charge in [0.25, 0.3) is 0 Å². The third-order valence-electron chi connectivity index (χ3n) is 5.47. The van der Waals surface area contributed by atoms with Crippen LogP contribution in [0.1, 0.15) is 58.2 Å². The molecule has 2 aromatic rings. The second-order valence-electron chi connectivity index (χ2n) is 11.1. The summed E-state index contributed by atoms with van der Waals surface area (Å²) < 4.78 is 10.8. The van der Waals surface area contributed by atoms with E-state index >= 15 is 0 Å². The van der Waals surface area contributed by atoms with Crippen molar-refractivity contribution < 1.29 is 19.1 Å². The van der Waals surface area contributed by atoms with Crippen molar-refractivity contribution >= 4 is 29.6 Å². The first-order valence-corrected chi connectivity index (χ1v) is 13.1. The third-order valence-corrected chi connectivity index (χ3v) is 5.75. The highest BCUT2D eigenvalue weighted by molar-refractivity contribution is 6.33. The second kappa shape index (κ2) is 12.4. The Morgan fingerprint density at radius 3 is 2.29 bits per heavy atom. The summed E-state index contributed by atoms with van der Waals surface area (Å²) in [6.45, 7) is 13.8. The molecule has 9 heteroatoms. The minimum atomic E-state index is -0.535. The molecule has 0 atom stereocenters. The lowest BCUT2D eigenvalue weighted by molar-refractivity contribution is 0.0240. The van der Waals surface area contributed by atoms with Crippen molar-refractivity contribution in [1.29, 1.82) is 0 Å². The number of amides is 2. The summed E-state index contributed by atoms with van der Waals surface area (Å²) in [5, 5.41) is 3.29. The number of carbonyl (C=O) groups is 2. The molecule has 0 radical (unpaired) electrons. The van der Waals surface area contributed by atoms with Gasteiger partial charge < -0.3 is 24.6 Å². The SMILES string of the molecule is CC(C)(C)OC(=O)NCCc1ccccc1C#Cc1cnc(N2CCN(C(=O)OC(C)(C)C)CC2)c(Cl)c1. The van der Waals surface area contributed by atoms with E-state index in [0.29, 0.717) is 55.5 Å². The van der Waals surface area contributed by atoms with E-state index in [4.69, 9.17) is 21.1 Å². The molecule has 1 aliphatic rings. The Hall–Kier alpha value is -3.44. The van der Waals surface area contributed by atoms with Crippen molar-refractivity contribution in [3.63, 3.8) is 0 Å². The molecule has 2 heterocycles. The van der Waals surface area contributed by atoms with Gasteiger partial charge in [0.15, 0.2) is 0 Å². The van der Waals surface area contributed by atoms with E-state index in [-0.39, 0.29) is 6.09 Å². The van der Waals surface area contributed by atoms with E-state index in [1.54, 1.807) is 11.1 Å². The number of alkyl carbamates (subject to hydrolysis) is 1. The standard InChI is InChI=1S/C29H37ClN4O4/c1-28(2,3)37-26(35)31-14-13-23-10-8-7-9-22(23)12-11-21-19-24(30)25(32-20-21)33-15-17-34(18-16-33)27(36)38-29(4,5)6/h7-10,19-20H,13-18H2,1-6H3,(H,31,35). The summed E-state index contributed by atoms with van der Waals surface area (Å²) in [5.74, 6) is 7.03. The minimum absolute atomic E-state index is 0.303. The number of pyridine rings is 1. The Labute approximate surface area is 230 Å². The molecule has 38 heavy (non-hydrogen) atoms. The van der Waals surface area contributed by atoms with Crippen molar-refractivity contribution in [3.8, 4) is 11.8 Å². The van der Waals surface area contributed by atoms with Gasteiger partial charge in [0.05, 0.1) is 5.02 Å². The number of nitrogens with zero attached hydrogens (tertiary/aromatic N) is 3. The van der Waals surface area contributed by atoms with Gasteiger partial charge >= 0.3 is 12.2 Å². The largest absolute Gasteiger partial charge is 0.444 e. The molecule has 0 unspecified atom stereocenters. The molecule has 1 aromatic carbocycles. The molecule has 0 aliphatic carbocycles. The van der Waals surface area contributed by atoms with Crippen LogP contribution < -0.4 is 10.2 Å². The number of nitrogens with one attached hydrogen (secondary N) is 1. The number of halogens is 1. The number of benzene rings is 1. The fraction of sp³-hybridized carbons (Fsp3) is 0.483. The molecule has 1 saturated heterocycles. The number of aromatic nitrogens is 1. The zero-order chi connectivity index (χ0) is 27.9. The Kier molecular flexibility index (Phi) is 9.50. The first-order valence-electron chi connectivity index (χ1n) is 12.8. The summed E-state index contributed by atoms with van der Waals surface area (Å²) in [5.41, 5.74) is 1.54. The number of ether oxygens (including phenoxy) is 2. The lowest BCUT2D eigenvalue weighted by Crippen LogP contribution is -2.50. The molecular formula is C29H37ClN4O4. The summed E-state index contributed by atoms with van der Waals surface area (Å²) in [6, 6.07) is 9.63. The summed E-state index contributed by atoms with van der Waals surface area (Å²) in [6.07, 6.45) is 1.59. The van der Waals surface area contributed by atoms with E-state index in [2.05, 4.69) is 27.0 Å². The normalized spacial score (nSPS) is 13.9. The maximum Gasteiger partial charge on any atom is 0.410 e. The number of hydrogen-bond acceptors (Lipinski definition) is 6. The predicted octanol–water partition coefficient (Wildman–Crippen LogP) is 5.26. The van der Waals surface area contributed by atoms with Gasteiger partial charge in [0.2, 0.25) is 0 Å². The lowest BCUT2D eigenvalue weighted by atomic mass is 10.0. The Morgan fingerprint density at radius 2 is 1.66 bits per heavy atom. The van der Waals surface area contributed by atoms with Crippen LogP contribution in [0.5, 0.6) is 0 Å². The first-order chi connectivity index (χ1) is 17.8. The van der Waals surface area contributed by atoms with Crippen molar-refractivity contribution in [2.45, 2.75) is 59.2 Å². The van der Waals surface area contributed by atoms with Crippen LogP contribution in [0.25, 0.3) is 0 Å². The Bertz CT molecular complexity index is 1200. The van der Waals surface area contributed by atoms with Gasteiger partial charge in [-0.1, -0.05) is 41.6 Å². The van der Waals surface area contributed by atoms with Crippen LogP contribution in [-0.2, 0) is 15.9 Å². The number of anilines is 1. The number of hydrogen-bond donors (Lipinski definition) is 1. The van der Waals surface area contributed by atoms with Gasteiger partial charge in [-0.25, -0.2) is 14.6 Å². The average molecular weight is 541 g/mol. The third kappa shape index (κ3) is 9.14. The van der Waals surface area contributed by atoms with E-state index in [1.165, 1.54) is 0 Å². The quantitative estimate of drug-likeness (QED) is 0.533. The highest BCUT2D eigenvalue weighted by Gasteiger charge is 2.27. The highest BCUT2D eigenvalue weighted by Crippen LogP contribution is 2.25. The molecule has 1 aliphatic heterocycles. The van der Waals surface area contributed by atoms with Crippen LogP contribution in [-0.4, -0.2) is 66.0 Å². The van der Waals surface area contributed by atoms with E-state index < -0.39 is 17.3 Å². The molecule has 8 nitrogen and oxygen atoms in total. The number of rotatable bonds is 4. The topological polar surface area (TPSA) is 84.0 Å². The zero-order valence-corrected chi connectivity index (χ0v) is 23.8. The molecule has 1 aromatic heterocycles. The molecule has 0 bridgehead atoms. The van der Waals surface area contributed by atoms with Crippen molar-refractivity contribution in [2.75, 3.05) is 37.6 Å². The highest BCUT2D eigenvalue weighted by atomic mass is 35.5. The van der Waals surface area contributed by atoms with Gasteiger partial charge in [-0.15, -0.1) is 0 Å². The Morgan fingerprint density at radius 1 is 1.00 bits per heavy atom. The zero-order valence-electron chi connectivity index (χ0n) is 23.1. The predicted molar refractivity (Wildman–Crippen MR) is 150 cm³/mol. The number of piperazine rings is 1. The molecular weight excluding hydrogens is 504 g/mol. The monoisotopic (exact) mass is 540 g/mol. The van der Waals surface area contributed by atoms with Crippen LogP contribution in [0.3, 0.4) is 0 Å². The van der Waals surface area contributed by atoms with E-state index in [9.17, 15) is 9.59 Å². The van der Waals surface area contributed by atoms with Crippen LogP contribution in [0, 0.1) is 11.8 Å². The fourth-order valence-electron chi connectivity index (χ4n) is 3.77. The first kappa shape index (κ1) is 29.1. The van der Waals surface area contributed by atoms with Crippen molar-refractivity contribution in [2.24, 2.45) is 0 Å². The van der Waals surface area contributed by atoms with Gasteiger partial charge in [-0.2, -0.15) is 0 Å². The van der Waals surface area contributed by atoms with Crippen molar-refractivity contribution in [3.05, 3.63) is 58.2 Å². The van der Waals surface area contributed by atoms with Crippen LogP contribution >= 0.6 is 11.6 Å². The van der Waals surface area contributed by atoms with Crippen LogP contribution in [0.15, 0.2) is 36.5 Å². The second-order valence-corrected chi connectivity index (χ2v) is 11.5. The van der Waals surface area contributed by atoms with E-state index in [0.717, 1.165) is 11.1 Å². The minimum Gasteiger partial charge on any atom is -0.444 e. The molecule has 2 amide bonds. The molecule has 0 spiro atoms. The Balaban J connectivity index is 1.60. The van der Waals surface area contributed by atoms with Crippen LogP contribution in [0.4, 0.5) is 15.4 Å². The molecule has 3 rings (SSSR count). The smallest absolute Gasteiger partial charge is 0.410 e. The van der Waals surface area contributed by atoms with Crippen LogP contribution in [0.2, 0.25) is 5.02 Å². The summed E-state index contributed by atoms with van der Waals surface area (Å²) in [7, 11) is 0. The molecule has 0 saturated carbocycles. The summed E-state index contributed by atoms with van der Waals surface area (Å²) >= 11 is 6.58. The van der Waals surface area contributed by atoms with Crippen molar-refractivity contribution in [1.82, 2.24) is 15.2 Å². The molecule has 204 valence electrons. The number of carbonyl (C=O) groups excluding carboxylic acids is 2. The van der Waals surface area contributed by atoms with E-state index in [1.807, 2.05) is 71.9 Å². The maximum absolute atomic E-state index is 12.3. The van der Waals surface area contributed by atoms with Gasteiger partial charge in [0.1, 0.15) is 17.0 Å². The molecule has 1 fully saturated rings. The van der Waals surface area contributed by atoms with Gasteiger partial charge in [-0.3, -0.25) is 0 Å².